The lowest BCUT2D eigenvalue weighted by atomic mass is 9.93. The molecule has 0 aliphatic carbocycles. The number of amides is 1. The lowest BCUT2D eigenvalue weighted by molar-refractivity contribution is -0.150. The minimum atomic E-state index is -0.226. The average molecular weight is 276 g/mol. The summed E-state index contributed by atoms with van der Waals surface area (Å²) >= 11 is 0. The minimum Gasteiger partial charge on any atom is -0.469 e. The molecule has 2 rings (SSSR count). The topological polar surface area (TPSA) is 59.5 Å². The summed E-state index contributed by atoms with van der Waals surface area (Å²) in [5.74, 6) is -0.385. The summed E-state index contributed by atoms with van der Waals surface area (Å²) in [5, 5.41) is 0. The zero-order chi connectivity index (χ0) is 14.5. The van der Waals surface area contributed by atoms with E-state index in [1.54, 1.807) is 17.3 Å². The van der Waals surface area contributed by atoms with Gasteiger partial charge in [0.2, 0.25) is 5.91 Å². The number of rotatable bonds is 3. The Morgan fingerprint density at radius 2 is 2.25 bits per heavy atom. The van der Waals surface area contributed by atoms with Crippen LogP contribution < -0.4 is 0 Å². The van der Waals surface area contributed by atoms with Gasteiger partial charge in [-0.05, 0) is 31.4 Å². The number of nitrogens with zero attached hydrogens (tertiary/aromatic N) is 2. The number of aromatic nitrogens is 1. The van der Waals surface area contributed by atoms with Crippen LogP contribution in [0.5, 0.6) is 0 Å². The van der Waals surface area contributed by atoms with Crippen molar-refractivity contribution in [3.05, 3.63) is 30.1 Å². The van der Waals surface area contributed by atoms with Gasteiger partial charge >= 0.3 is 5.97 Å². The number of carbonyl (C=O) groups is 2. The Morgan fingerprint density at radius 1 is 1.45 bits per heavy atom. The van der Waals surface area contributed by atoms with Gasteiger partial charge in [-0.15, -0.1) is 0 Å². The van der Waals surface area contributed by atoms with Crippen molar-refractivity contribution in [2.75, 3.05) is 13.7 Å². The van der Waals surface area contributed by atoms with E-state index < -0.39 is 0 Å². The summed E-state index contributed by atoms with van der Waals surface area (Å²) in [6.45, 7) is 2.47. The summed E-state index contributed by atoms with van der Waals surface area (Å²) in [5.41, 5.74) is 0.893. The molecule has 0 radical (unpaired) electrons. The summed E-state index contributed by atoms with van der Waals surface area (Å²) in [7, 11) is 1.39. The summed E-state index contributed by atoms with van der Waals surface area (Å²) < 4.78 is 4.78. The number of hydrogen-bond donors (Lipinski definition) is 0. The standard InChI is InChI=1S/C15H20N2O3/c1-11-5-6-13(15(19)20-2)10-17(11)14(18)8-12-4-3-7-16-9-12/h3-4,7,9,11,13H,5-6,8,10H2,1-2H3/t11-,13+/m1/s1. The third-order valence-electron chi connectivity index (χ3n) is 3.82. The molecule has 0 aromatic carbocycles. The van der Waals surface area contributed by atoms with Gasteiger partial charge in [-0.3, -0.25) is 14.6 Å². The highest BCUT2D eigenvalue weighted by Crippen LogP contribution is 2.23. The Bertz CT molecular complexity index is 475. The van der Waals surface area contributed by atoms with Crippen molar-refractivity contribution in [3.63, 3.8) is 0 Å². The van der Waals surface area contributed by atoms with Crippen LogP contribution in [0.4, 0.5) is 0 Å². The molecule has 1 aliphatic heterocycles. The molecule has 1 aromatic heterocycles. The molecule has 2 atom stereocenters. The number of carbonyl (C=O) groups excluding carboxylic acids is 2. The molecule has 1 amide bonds. The largest absolute Gasteiger partial charge is 0.469 e. The average Bonchev–Trinajstić information content (AvgIpc) is 2.48. The Kier molecular flexibility index (Phi) is 4.71. The highest BCUT2D eigenvalue weighted by atomic mass is 16.5. The normalized spacial score (nSPS) is 22.4. The van der Waals surface area contributed by atoms with Crippen LogP contribution in [-0.4, -0.2) is 41.5 Å². The van der Waals surface area contributed by atoms with Gasteiger partial charge in [-0.2, -0.15) is 0 Å². The molecule has 1 fully saturated rings. The molecule has 108 valence electrons. The molecule has 2 heterocycles. The Labute approximate surface area is 118 Å². The van der Waals surface area contributed by atoms with Crippen molar-refractivity contribution >= 4 is 11.9 Å². The van der Waals surface area contributed by atoms with Crippen LogP contribution in [0.2, 0.25) is 0 Å². The van der Waals surface area contributed by atoms with E-state index in [0.717, 1.165) is 18.4 Å². The van der Waals surface area contributed by atoms with Crippen LogP contribution in [0.25, 0.3) is 0 Å². The van der Waals surface area contributed by atoms with Crippen LogP contribution in [0, 0.1) is 5.92 Å². The van der Waals surface area contributed by atoms with Crippen molar-refractivity contribution in [2.24, 2.45) is 5.92 Å². The molecule has 0 spiro atoms. The molecule has 5 nitrogen and oxygen atoms in total. The number of pyridine rings is 1. The van der Waals surface area contributed by atoms with Crippen molar-refractivity contribution in [3.8, 4) is 0 Å². The Hall–Kier alpha value is -1.91. The van der Waals surface area contributed by atoms with Crippen LogP contribution in [-0.2, 0) is 20.7 Å². The fourth-order valence-corrected chi connectivity index (χ4v) is 2.59. The van der Waals surface area contributed by atoms with Gasteiger partial charge < -0.3 is 9.64 Å². The van der Waals surface area contributed by atoms with Gasteiger partial charge in [-0.1, -0.05) is 6.07 Å². The lowest BCUT2D eigenvalue weighted by Gasteiger charge is -2.37. The van der Waals surface area contributed by atoms with Crippen LogP contribution in [0.1, 0.15) is 25.3 Å². The van der Waals surface area contributed by atoms with E-state index >= 15 is 0 Å². The monoisotopic (exact) mass is 276 g/mol. The zero-order valence-corrected chi connectivity index (χ0v) is 11.9. The fraction of sp³-hybridized carbons (Fsp3) is 0.533. The van der Waals surface area contributed by atoms with Crippen molar-refractivity contribution in [2.45, 2.75) is 32.2 Å². The molecule has 5 heteroatoms. The predicted octanol–water partition coefficient (Wildman–Crippen LogP) is 1.42. The first kappa shape index (κ1) is 14.5. The van der Waals surface area contributed by atoms with Crippen molar-refractivity contribution < 1.29 is 14.3 Å². The highest BCUT2D eigenvalue weighted by molar-refractivity contribution is 5.80. The van der Waals surface area contributed by atoms with E-state index in [1.807, 2.05) is 19.1 Å². The number of methoxy groups -OCH3 is 1. The highest BCUT2D eigenvalue weighted by Gasteiger charge is 2.32. The number of hydrogen-bond acceptors (Lipinski definition) is 4. The molecule has 0 N–H and O–H groups in total. The molecular formula is C15H20N2O3. The van der Waals surface area contributed by atoms with Crippen LogP contribution in [0.15, 0.2) is 24.5 Å². The molecule has 0 unspecified atom stereocenters. The van der Waals surface area contributed by atoms with E-state index in [4.69, 9.17) is 4.74 Å². The second-order valence-electron chi connectivity index (χ2n) is 5.23. The molecule has 1 aliphatic rings. The number of esters is 1. The smallest absolute Gasteiger partial charge is 0.310 e. The first-order chi connectivity index (χ1) is 9.61. The Morgan fingerprint density at radius 3 is 2.90 bits per heavy atom. The van der Waals surface area contributed by atoms with E-state index in [2.05, 4.69) is 4.98 Å². The molecule has 0 saturated carbocycles. The van der Waals surface area contributed by atoms with E-state index in [-0.39, 0.29) is 23.8 Å². The second kappa shape index (κ2) is 6.50. The maximum Gasteiger partial charge on any atom is 0.310 e. The van der Waals surface area contributed by atoms with Crippen molar-refractivity contribution in [1.82, 2.24) is 9.88 Å². The van der Waals surface area contributed by atoms with Gasteiger partial charge in [0, 0.05) is 25.0 Å². The predicted molar refractivity (Wildman–Crippen MR) is 73.9 cm³/mol. The first-order valence-electron chi connectivity index (χ1n) is 6.88. The fourth-order valence-electron chi connectivity index (χ4n) is 2.59. The Balaban J connectivity index is 2.01. The molecule has 1 aromatic rings. The third kappa shape index (κ3) is 3.35. The van der Waals surface area contributed by atoms with Gasteiger partial charge in [0.1, 0.15) is 0 Å². The van der Waals surface area contributed by atoms with Gasteiger partial charge in [-0.25, -0.2) is 0 Å². The van der Waals surface area contributed by atoms with Crippen LogP contribution >= 0.6 is 0 Å². The zero-order valence-electron chi connectivity index (χ0n) is 11.9. The summed E-state index contributed by atoms with van der Waals surface area (Å²) in [6.07, 6.45) is 5.32. The van der Waals surface area contributed by atoms with E-state index in [9.17, 15) is 9.59 Å². The number of ether oxygens (including phenoxy) is 1. The van der Waals surface area contributed by atoms with Gasteiger partial charge in [0.15, 0.2) is 0 Å². The van der Waals surface area contributed by atoms with Crippen molar-refractivity contribution in [1.29, 1.82) is 0 Å². The van der Waals surface area contributed by atoms with Gasteiger partial charge in [0.05, 0.1) is 19.4 Å². The summed E-state index contributed by atoms with van der Waals surface area (Å²) in [6, 6.07) is 3.87. The molecule has 1 saturated heterocycles. The van der Waals surface area contributed by atoms with E-state index in [1.165, 1.54) is 7.11 Å². The molecular weight excluding hydrogens is 256 g/mol. The minimum absolute atomic E-state index is 0.0408. The quantitative estimate of drug-likeness (QED) is 0.783. The first-order valence-corrected chi connectivity index (χ1v) is 6.88. The van der Waals surface area contributed by atoms with E-state index in [0.29, 0.717) is 13.0 Å². The lowest BCUT2D eigenvalue weighted by Crippen LogP contribution is -2.48. The van der Waals surface area contributed by atoms with Crippen LogP contribution in [0.3, 0.4) is 0 Å². The second-order valence-corrected chi connectivity index (χ2v) is 5.23. The maximum absolute atomic E-state index is 12.4. The SMILES string of the molecule is COC(=O)[C@H]1CC[C@@H](C)N(C(=O)Cc2cccnc2)C1. The maximum atomic E-state index is 12.4. The number of likely N-dealkylation sites (tertiary alicyclic amines) is 1. The number of piperidine rings is 1. The van der Waals surface area contributed by atoms with Gasteiger partial charge in [0.25, 0.3) is 0 Å². The summed E-state index contributed by atoms with van der Waals surface area (Å²) in [4.78, 5) is 29.8. The molecule has 0 bridgehead atoms. The third-order valence-corrected chi connectivity index (χ3v) is 3.82. The molecule has 20 heavy (non-hydrogen) atoms.